The zero-order valence-electron chi connectivity index (χ0n) is 28.9. The summed E-state index contributed by atoms with van der Waals surface area (Å²) < 4.78 is 23.2. The largest absolute Gasteiger partial charge is 0.444 e. The molecule has 0 aliphatic carbocycles. The Hall–Kier alpha value is -3.21. The summed E-state index contributed by atoms with van der Waals surface area (Å²) >= 11 is 1.20. The number of carbonyl (C=O) groups is 2. The Balaban J connectivity index is 1.41. The van der Waals surface area contributed by atoms with Crippen LogP contribution in [0.5, 0.6) is 0 Å². The zero-order chi connectivity index (χ0) is 33.9. The molecule has 252 valence electrons. The molecule has 2 amide bonds. The summed E-state index contributed by atoms with van der Waals surface area (Å²) in [6, 6.07) is 7.23. The molecule has 2 aromatic rings. The molecule has 4 rings (SSSR count). The number of carbonyl (C=O) groups excluding carboxylic acids is 2. The van der Waals surface area contributed by atoms with Gasteiger partial charge in [-0.1, -0.05) is 20.8 Å². The van der Waals surface area contributed by atoms with Gasteiger partial charge in [-0.3, -0.25) is 19.5 Å². The van der Waals surface area contributed by atoms with Gasteiger partial charge in [-0.15, -0.1) is 0 Å². The number of halogens is 1. The van der Waals surface area contributed by atoms with Crippen molar-refractivity contribution in [2.24, 2.45) is 10.9 Å². The molecule has 3 unspecified atom stereocenters. The Morgan fingerprint density at radius 2 is 1.91 bits per heavy atom. The van der Waals surface area contributed by atoms with Gasteiger partial charge in [-0.25, -0.2) is 9.78 Å². The molecule has 11 heteroatoms. The fourth-order valence-electron chi connectivity index (χ4n) is 6.01. The first-order chi connectivity index (χ1) is 21.4. The summed E-state index contributed by atoms with van der Waals surface area (Å²) in [7, 11) is 0. The van der Waals surface area contributed by atoms with Crippen molar-refractivity contribution in [2.75, 3.05) is 6.54 Å². The van der Waals surface area contributed by atoms with Gasteiger partial charge in [0.1, 0.15) is 11.0 Å². The average Bonchev–Trinajstić information content (AvgIpc) is 3.26. The van der Waals surface area contributed by atoms with Crippen LogP contribution in [0, 0.1) is 18.8 Å². The van der Waals surface area contributed by atoms with Gasteiger partial charge in [-0.05, 0) is 121 Å². The minimum Gasteiger partial charge on any atom is -0.444 e. The lowest BCUT2D eigenvalue weighted by Gasteiger charge is -2.33. The third-order valence-corrected chi connectivity index (χ3v) is 9.30. The number of likely N-dealkylation sites (tertiary alicyclic amines) is 1. The SMILES string of the molecule is Cc1ccnc(C(CCC2CN(C(=O)OC(C)(C)C)C(C)(C)C2)NC2=NC(SNC(=O)c3ccc(C(C)(C)C)nc3F)CCC2)c1. The number of ether oxygens (including phenoxy) is 1. The van der Waals surface area contributed by atoms with Crippen molar-refractivity contribution in [3.05, 3.63) is 58.9 Å². The Bertz CT molecular complexity index is 1430. The van der Waals surface area contributed by atoms with Crippen molar-refractivity contribution in [1.82, 2.24) is 24.9 Å². The molecule has 1 saturated heterocycles. The Kier molecular flexibility index (Phi) is 11.1. The van der Waals surface area contributed by atoms with Crippen LogP contribution in [0.25, 0.3) is 0 Å². The average molecular weight is 655 g/mol. The second-order valence-electron chi connectivity index (χ2n) is 15.3. The molecule has 2 aromatic heterocycles. The lowest BCUT2D eigenvalue weighted by Crippen LogP contribution is -2.45. The van der Waals surface area contributed by atoms with Crippen LogP contribution in [0.3, 0.4) is 0 Å². The number of amides is 2. The summed E-state index contributed by atoms with van der Waals surface area (Å²) in [4.78, 5) is 41.3. The zero-order valence-corrected chi connectivity index (χ0v) is 29.7. The standard InChI is InChI=1S/C35H51FN6O3S/c1-22-17-18-37-26(19-22)25(15-13-23-20-35(8,9)42(21-23)32(44)45-34(5,6)7)38-28-11-10-12-29(40-28)46-41-31(43)24-14-16-27(33(2,3)4)39-30(24)36/h14,16-19,23,25,29H,10-13,15,20-21H2,1-9H3,(H,38,40)(H,41,43). The minimum atomic E-state index is -0.770. The van der Waals surface area contributed by atoms with E-state index >= 15 is 0 Å². The lowest BCUT2D eigenvalue weighted by molar-refractivity contribution is 0.0130. The van der Waals surface area contributed by atoms with Crippen LogP contribution >= 0.6 is 11.9 Å². The maximum absolute atomic E-state index is 14.7. The molecule has 0 bridgehead atoms. The molecule has 2 N–H and O–H groups in total. The lowest BCUT2D eigenvalue weighted by atomic mass is 9.91. The number of amidine groups is 1. The van der Waals surface area contributed by atoms with E-state index < -0.39 is 17.5 Å². The Labute approximate surface area is 278 Å². The molecule has 9 nitrogen and oxygen atoms in total. The van der Waals surface area contributed by atoms with Gasteiger partial charge in [0.05, 0.1) is 23.1 Å². The molecule has 0 spiro atoms. The summed E-state index contributed by atoms with van der Waals surface area (Å²) in [5.74, 6) is -0.0903. The monoisotopic (exact) mass is 654 g/mol. The summed E-state index contributed by atoms with van der Waals surface area (Å²) in [6.45, 7) is 18.5. The van der Waals surface area contributed by atoms with E-state index in [4.69, 9.17) is 14.7 Å². The van der Waals surface area contributed by atoms with E-state index in [1.54, 1.807) is 6.07 Å². The molecule has 3 atom stereocenters. The molecule has 4 heterocycles. The van der Waals surface area contributed by atoms with Crippen LogP contribution in [0.1, 0.15) is 127 Å². The van der Waals surface area contributed by atoms with Gasteiger partial charge in [0, 0.05) is 35.8 Å². The van der Waals surface area contributed by atoms with Gasteiger partial charge in [-0.2, -0.15) is 4.39 Å². The van der Waals surface area contributed by atoms with Crippen molar-refractivity contribution in [2.45, 2.75) is 129 Å². The topological polar surface area (TPSA) is 109 Å². The predicted molar refractivity (Wildman–Crippen MR) is 182 cm³/mol. The summed E-state index contributed by atoms with van der Waals surface area (Å²) in [5, 5.41) is 3.47. The highest BCUT2D eigenvalue weighted by Crippen LogP contribution is 2.37. The molecule has 46 heavy (non-hydrogen) atoms. The molecule has 1 fully saturated rings. The van der Waals surface area contributed by atoms with Gasteiger partial charge >= 0.3 is 6.09 Å². The van der Waals surface area contributed by atoms with E-state index in [0.29, 0.717) is 18.2 Å². The Morgan fingerprint density at radius 3 is 2.57 bits per heavy atom. The van der Waals surface area contributed by atoms with Crippen LogP contribution < -0.4 is 10.0 Å². The first-order valence-electron chi connectivity index (χ1n) is 16.3. The Morgan fingerprint density at radius 1 is 1.17 bits per heavy atom. The molecular formula is C35H51FN6O3S. The van der Waals surface area contributed by atoms with E-state index in [1.165, 1.54) is 18.0 Å². The minimum absolute atomic E-state index is 0.0582. The van der Waals surface area contributed by atoms with Crippen molar-refractivity contribution < 1.29 is 18.7 Å². The number of aromatic nitrogens is 2. The number of pyridine rings is 2. The van der Waals surface area contributed by atoms with Crippen LogP contribution in [0.2, 0.25) is 0 Å². The van der Waals surface area contributed by atoms with Crippen LogP contribution in [0.15, 0.2) is 35.5 Å². The highest BCUT2D eigenvalue weighted by Gasteiger charge is 2.43. The van der Waals surface area contributed by atoms with E-state index in [9.17, 15) is 14.0 Å². The molecule has 0 saturated carbocycles. The number of nitrogens with one attached hydrogen (secondary N) is 2. The van der Waals surface area contributed by atoms with Gasteiger partial charge in [0.25, 0.3) is 5.91 Å². The number of rotatable bonds is 8. The second-order valence-corrected chi connectivity index (χ2v) is 16.2. The van der Waals surface area contributed by atoms with Gasteiger partial charge in [0.15, 0.2) is 0 Å². The van der Waals surface area contributed by atoms with E-state index in [0.717, 1.165) is 55.6 Å². The molecule has 2 aliphatic heterocycles. The number of nitrogens with zero attached hydrogens (tertiary/aromatic N) is 4. The maximum atomic E-state index is 14.7. The van der Waals surface area contributed by atoms with Gasteiger partial charge < -0.3 is 15.0 Å². The second kappa shape index (κ2) is 14.3. The van der Waals surface area contributed by atoms with Crippen molar-refractivity contribution in [3.63, 3.8) is 0 Å². The fraction of sp³-hybridized carbons (Fsp3) is 0.629. The van der Waals surface area contributed by atoms with E-state index in [1.807, 2.05) is 58.7 Å². The maximum Gasteiger partial charge on any atom is 0.410 e. The van der Waals surface area contributed by atoms with Crippen molar-refractivity contribution >= 4 is 29.8 Å². The van der Waals surface area contributed by atoms with Crippen LogP contribution in [-0.4, -0.2) is 55.8 Å². The quantitative estimate of drug-likeness (QED) is 0.222. The summed E-state index contributed by atoms with van der Waals surface area (Å²) in [6.07, 6.45) is 6.70. The normalized spacial score (nSPS) is 20.6. The fourth-order valence-corrected chi connectivity index (χ4v) is 6.82. The van der Waals surface area contributed by atoms with Crippen molar-refractivity contribution in [3.8, 4) is 0 Å². The van der Waals surface area contributed by atoms with Crippen LogP contribution in [-0.2, 0) is 10.2 Å². The number of aliphatic imine (C=N–C) groups is 1. The number of hydrogen-bond donors (Lipinski definition) is 2. The molecule has 2 aliphatic rings. The van der Waals surface area contributed by atoms with E-state index in [2.05, 4.69) is 41.9 Å². The van der Waals surface area contributed by atoms with Gasteiger partial charge in [0.2, 0.25) is 5.95 Å². The predicted octanol–water partition coefficient (Wildman–Crippen LogP) is 7.65. The number of hydrogen-bond acceptors (Lipinski definition) is 8. The van der Waals surface area contributed by atoms with Crippen molar-refractivity contribution in [1.29, 1.82) is 0 Å². The first kappa shape index (κ1) is 35.6. The molecule has 0 radical (unpaired) electrons. The summed E-state index contributed by atoms with van der Waals surface area (Å²) in [5.41, 5.74) is 1.46. The third kappa shape index (κ3) is 9.65. The highest BCUT2D eigenvalue weighted by molar-refractivity contribution is 7.98. The molecular weight excluding hydrogens is 603 g/mol. The number of aryl methyl sites for hydroxylation is 1. The van der Waals surface area contributed by atoms with E-state index in [-0.39, 0.29) is 34.0 Å². The molecule has 0 aromatic carbocycles. The van der Waals surface area contributed by atoms with Crippen LogP contribution in [0.4, 0.5) is 9.18 Å². The highest BCUT2D eigenvalue weighted by atomic mass is 32.2. The first-order valence-corrected chi connectivity index (χ1v) is 17.2. The smallest absolute Gasteiger partial charge is 0.410 e. The third-order valence-electron chi connectivity index (χ3n) is 8.39.